The van der Waals surface area contributed by atoms with Crippen LogP contribution in [0.2, 0.25) is 0 Å². The number of carbonyl (C=O) groups is 1. The summed E-state index contributed by atoms with van der Waals surface area (Å²) in [5.41, 5.74) is 5.78. The Morgan fingerprint density at radius 3 is 2.62 bits per heavy atom. The average molecular weight is 297 g/mol. The van der Waals surface area contributed by atoms with Crippen LogP contribution in [0.15, 0.2) is 18.3 Å². The van der Waals surface area contributed by atoms with E-state index >= 15 is 0 Å². The van der Waals surface area contributed by atoms with Crippen LogP contribution in [0.5, 0.6) is 0 Å². The summed E-state index contributed by atoms with van der Waals surface area (Å²) >= 11 is 0. The molecule has 0 aromatic carbocycles. The van der Waals surface area contributed by atoms with Crippen LogP contribution in [0, 0.1) is 11.8 Å². The first kappa shape index (κ1) is 15.3. The molecule has 0 saturated heterocycles. The minimum Gasteiger partial charge on any atom is -0.325 e. The van der Waals surface area contributed by atoms with E-state index in [4.69, 9.17) is 5.73 Å². The lowest BCUT2D eigenvalue weighted by Crippen LogP contribution is -2.40. The summed E-state index contributed by atoms with van der Waals surface area (Å²) in [6, 6.07) is 2.59. The lowest BCUT2D eigenvalue weighted by atomic mass is 10.2. The third-order valence-corrected chi connectivity index (χ3v) is 2.92. The van der Waals surface area contributed by atoms with Gasteiger partial charge in [-0.1, -0.05) is 11.8 Å². The second-order valence-electron chi connectivity index (χ2n) is 4.72. The second-order valence-corrected chi connectivity index (χ2v) is 4.72. The number of hydrogen-bond donors (Lipinski definition) is 1. The summed E-state index contributed by atoms with van der Waals surface area (Å²) in [4.78, 5) is 16.9. The number of amides is 1. The van der Waals surface area contributed by atoms with Crippen LogP contribution in [0.1, 0.15) is 28.9 Å². The van der Waals surface area contributed by atoms with Crippen molar-refractivity contribution in [3.05, 3.63) is 29.6 Å². The Morgan fingerprint density at radius 2 is 2.14 bits per heavy atom. The number of rotatable bonds is 3. The topological polar surface area (TPSA) is 59.2 Å². The highest BCUT2D eigenvalue weighted by molar-refractivity contribution is 5.92. The van der Waals surface area contributed by atoms with Crippen molar-refractivity contribution in [1.29, 1.82) is 0 Å². The number of nitrogens with zero attached hydrogens (tertiary/aromatic N) is 2. The maximum atomic E-state index is 12.5. The van der Waals surface area contributed by atoms with Gasteiger partial charge >= 0.3 is 6.18 Å². The van der Waals surface area contributed by atoms with Gasteiger partial charge in [0.1, 0.15) is 12.2 Å². The van der Waals surface area contributed by atoms with Gasteiger partial charge in [0.25, 0.3) is 5.91 Å². The molecule has 1 heterocycles. The van der Waals surface area contributed by atoms with Gasteiger partial charge in [-0.2, -0.15) is 13.2 Å². The number of alkyl halides is 3. The summed E-state index contributed by atoms with van der Waals surface area (Å²) in [6.07, 6.45) is -1.86. The van der Waals surface area contributed by atoms with Gasteiger partial charge in [-0.3, -0.25) is 4.79 Å². The standard InChI is InChI=1S/C14H14F3N3O/c15-14(16,17)9-20(11-4-5-11)13(21)12-6-3-10(8-19-12)2-1-7-18/h3,6,8,11H,4-5,7,9,18H2. The molecule has 1 aromatic rings. The molecule has 112 valence electrons. The van der Waals surface area contributed by atoms with Gasteiger partial charge in [0.15, 0.2) is 0 Å². The van der Waals surface area contributed by atoms with Crippen LogP contribution in [-0.2, 0) is 0 Å². The number of nitrogens with two attached hydrogens (primary N) is 1. The molecular formula is C14H14F3N3O. The van der Waals surface area contributed by atoms with Crippen molar-refractivity contribution in [2.24, 2.45) is 5.73 Å². The Balaban J connectivity index is 2.13. The maximum Gasteiger partial charge on any atom is 0.406 e. The zero-order valence-electron chi connectivity index (χ0n) is 11.2. The molecule has 1 aliphatic rings. The van der Waals surface area contributed by atoms with E-state index in [0.717, 1.165) is 4.90 Å². The fraction of sp³-hybridized carbons (Fsp3) is 0.429. The molecule has 7 heteroatoms. The molecule has 1 fully saturated rings. The van der Waals surface area contributed by atoms with Gasteiger partial charge in [0.05, 0.1) is 6.54 Å². The van der Waals surface area contributed by atoms with Crippen LogP contribution in [0.25, 0.3) is 0 Å². The fourth-order valence-electron chi connectivity index (χ4n) is 1.84. The Kier molecular flexibility index (Phi) is 4.48. The van der Waals surface area contributed by atoms with E-state index in [2.05, 4.69) is 16.8 Å². The largest absolute Gasteiger partial charge is 0.406 e. The van der Waals surface area contributed by atoms with Gasteiger partial charge in [0, 0.05) is 17.8 Å². The van der Waals surface area contributed by atoms with Crippen molar-refractivity contribution < 1.29 is 18.0 Å². The third kappa shape index (κ3) is 4.46. The first-order valence-electron chi connectivity index (χ1n) is 6.43. The van der Waals surface area contributed by atoms with E-state index in [1.807, 2.05) is 0 Å². The highest BCUT2D eigenvalue weighted by Gasteiger charge is 2.41. The fourth-order valence-corrected chi connectivity index (χ4v) is 1.84. The van der Waals surface area contributed by atoms with Gasteiger partial charge < -0.3 is 10.6 Å². The van der Waals surface area contributed by atoms with E-state index in [1.54, 1.807) is 6.07 Å². The molecule has 0 unspecified atom stereocenters. The molecule has 0 atom stereocenters. The lowest BCUT2D eigenvalue weighted by Gasteiger charge is -2.23. The number of pyridine rings is 1. The monoisotopic (exact) mass is 297 g/mol. The number of hydrogen-bond acceptors (Lipinski definition) is 3. The Hall–Kier alpha value is -2.07. The number of halogens is 3. The van der Waals surface area contributed by atoms with Crippen molar-refractivity contribution in [2.45, 2.75) is 25.1 Å². The van der Waals surface area contributed by atoms with Crippen molar-refractivity contribution >= 4 is 5.91 Å². The molecular weight excluding hydrogens is 283 g/mol. The second kappa shape index (κ2) is 6.14. The van der Waals surface area contributed by atoms with E-state index < -0.39 is 18.6 Å². The van der Waals surface area contributed by atoms with Crippen molar-refractivity contribution in [1.82, 2.24) is 9.88 Å². The molecule has 1 aliphatic carbocycles. The first-order valence-corrected chi connectivity index (χ1v) is 6.43. The van der Waals surface area contributed by atoms with E-state index in [9.17, 15) is 18.0 Å². The molecule has 0 radical (unpaired) electrons. The number of aromatic nitrogens is 1. The zero-order chi connectivity index (χ0) is 15.5. The molecule has 2 N–H and O–H groups in total. The minimum absolute atomic E-state index is 0.00977. The van der Waals surface area contributed by atoms with Crippen LogP contribution in [-0.4, -0.2) is 41.1 Å². The Morgan fingerprint density at radius 1 is 1.43 bits per heavy atom. The molecule has 1 aromatic heterocycles. The summed E-state index contributed by atoms with van der Waals surface area (Å²) in [7, 11) is 0. The average Bonchev–Trinajstić information content (AvgIpc) is 3.26. The summed E-state index contributed by atoms with van der Waals surface area (Å²) in [6.45, 7) is -1.05. The highest BCUT2D eigenvalue weighted by atomic mass is 19.4. The van der Waals surface area contributed by atoms with Crippen LogP contribution in [0.3, 0.4) is 0 Å². The summed E-state index contributed by atoms with van der Waals surface area (Å²) in [5, 5.41) is 0. The Bertz CT molecular complexity index is 568. The molecule has 0 bridgehead atoms. The third-order valence-electron chi connectivity index (χ3n) is 2.92. The summed E-state index contributed by atoms with van der Waals surface area (Å²) in [5.74, 6) is 4.66. The minimum atomic E-state index is -4.41. The van der Waals surface area contributed by atoms with Crippen LogP contribution in [0.4, 0.5) is 13.2 Å². The maximum absolute atomic E-state index is 12.5. The van der Waals surface area contributed by atoms with Crippen LogP contribution < -0.4 is 5.73 Å². The van der Waals surface area contributed by atoms with E-state index in [-0.39, 0.29) is 18.3 Å². The molecule has 1 saturated carbocycles. The highest BCUT2D eigenvalue weighted by Crippen LogP contribution is 2.31. The molecule has 1 amide bonds. The normalized spacial score (nSPS) is 14.3. The molecule has 21 heavy (non-hydrogen) atoms. The zero-order valence-corrected chi connectivity index (χ0v) is 11.2. The van der Waals surface area contributed by atoms with Crippen molar-refractivity contribution in [3.63, 3.8) is 0 Å². The lowest BCUT2D eigenvalue weighted by molar-refractivity contribution is -0.141. The van der Waals surface area contributed by atoms with Crippen LogP contribution >= 0.6 is 0 Å². The predicted octanol–water partition coefficient (Wildman–Crippen LogP) is 1.56. The van der Waals surface area contributed by atoms with Gasteiger partial charge in [0.2, 0.25) is 0 Å². The SMILES string of the molecule is NCC#Cc1ccc(C(=O)N(CC(F)(F)F)C2CC2)nc1. The van der Waals surface area contributed by atoms with Crippen molar-refractivity contribution in [3.8, 4) is 11.8 Å². The van der Waals surface area contributed by atoms with Gasteiger partial charge in [-0.15, -0.1) is 0 Å². The van der Waals surface area contributed by atoms with E-state index in [0.29, 0.717) is 18.4 Å². The summed E-state index contributed by atoms with van der Waals surface area (Å²) < 4.78 is 37.6. The molecule has 2 rings (SSSR count). The Labute approximate surface area is 120 Å². The smallest absolute Gasteiger partial charge is 0.325 e. The van der Waals surface area contributed by atoms with Gasteiger partial charge in [-0.05, 0) is 25.0 Å². The molecule has 4 nitrogen and oxygen atoms in total. The number of carbonyl (C=O) groups excluding carboxylic acids is 1. The van der Waals surface area contributed by atoms with E-state index in [1.165, 1.54) is 12.3 Å². The predicted molar refractivity (Wildman–Crippen MR) is 70.3 cm³/mol. The molecule has 0 aliphatic heterocycles. The quantitative estimate of drug-likeness (QED) is 0.861. The van der Waals surface area contributed by atoms with Crippen molar-refractivity contribution in [2.75, 3.05) is 13.1 Å². The molecule has 0 spiro atoms. The first-order chi connectivity index (χ1) is 9.90. The van der Waals surface area contributed by atoms with Gasteiger partial charge in [-0.25, -0.2) is 4.98 Å².